The van der Waals surface area contributed by atoms with Crippen LogP contribution in [0.4, 0.5) is 11.6 Å². The zero-order chi connectivity index (χ0) is 13.4. The summed E-state index contributed by atoms with van der Waals surface area (Å²) in [4.78, 5) is 2.41. The van der Waals surface area contributed by atoms with Crippen molar-refractivity contribution in [2.45, 2.75) is 12.8 Å². The first kappa shape index (κ1) is 12.2. The second kappa shape index (κ2) is 4.70. The molecule has 104 valence electrons. The van der Waals surface area contributed by atoms with Crippen LogP contribution in [0.5, 0.6) is 0 Å². The van der Waals surface area contributed by atoms with E-state index in [1.54, 1.807) is 0 Å². The third kappa shape index (κ3) is 1.92. The quantitative estimate of drug-likeness (QED) is 0.759. The molecule has 0 amide bonds. The Morgan fingerprint density at radius 3 is 2.68 bits per heavy atom. The van der Waals surface area contributed by atoms with Gasteiger partial charge in [-0.15, -0.1) is 0 Å². The van der Waals surface area contributed by atoms with Crippen molar-refractivity contribution in [3.63, 3.8) is 0 Å². The van der Waals surface area contributed by atoms with E-state index in [0.717, 1.165) is 24.1 Å². The van der Waals surface area contributed by atoms with Crippen LogP contribution in [0.15, 0.2) is 12.1 Å². The average molecular weight is 263 g/mol. The number of nitrogens with zero attached hydrogens (tertiary/aromatic N) is 3. The van der Waals surface area contributed by atoms with Crippen molar-refractivity contribution >= 4 is 22.7 Å². The lowest BCUT2D eigenvalue weighted by molar-refractivity contribution is 0.307. The third-order valence-corrected chi connectivity index (χ3v) is 3.83. The minimum absolute atomic E-state index is 0.0882. The maximum absolute atomic E-state index is 8.93. The molecule has 1 aliphatic rings. The monoisotopic (exact) mass is 263 g/mol. The summed E-state index contributed by atoms with van der Waals surface area (Å²) in [5.74, 6) is 1.91. The van der Waals surface area contributed by atoms with Crippen LogP contribution in [-0.4, -0.2) is 40.6 Å². The second-order valence-electron chi connectivity index (χ2n) is 5.06. The Labute approximate surface area is 112 Å². The summed E-state index contributed by atoms with van der Waals surface area (Å²) in [5, 5.41) is 8.93. The summed E-state index contributed by atoms with van der Waals surface area (Å²) in [7, 11) is 2.08. The van der Waals surface area contributed by atoms with Gasteiger partial charge in [0.25, 0.3) is 0 Å². The van der Waals surface area contributed by atoms with Gasteiger partial charge < -0.3 is 25.7 Å². The molecule has 2 aromatic heterocycles. The fourth-order valence-corrected chi connectivity index (χ4v) is 2.87. The van der Waals surface area contributed by atoms with Gasteiger partial charge in [-0.3, -0.25) is 0 Å². The van der Waals surface area contributed by atoms with Gasteiger partial charge in [0.15, 0.2) is 0 Å². The highest BCUT2D eigenvalue weighted by molar-refractivity contribution is 5.87. The number of hydrogen-bond donors (Lipinski definition) is 3. The highest BCUT2D eigenvalue weighted by atomic mass is 16.3. The number of aliphatic hydroxyl groups excluding tert-OH is 1. The van der Waals surface area contributed by atoms with E-state index in [1.165, 1.54) is 18.7 Å². The molecule has 0 bridgehead atoms. The topological polar surface area (TPSA) is 71.4 Å². The summed E-state index contributed by atoms with van der Waals surface area (Å²) in [6.45, 7) is 2.83. The molecular formula is C13H21N5O. The lowest BCUT2D eigenvalue weighted by Gasteiger charge is -2.18. The Morgan fingerprint density at radius 2 is 2.00 bits per heavy atom. The Hall–Kier alpha value is -1.82. The molecule has 0 spiro atoms. The maximum Gasteiger partial charge on any atom is 0.125 e. The molecule has 19 heavy (non-hydrogen) atoms. The van der Waals surface area contributed by atoms with Crippen LogP contribution in [0, 0.1) is 0 Å². The number of aromatic nitrogens is 2. The molecule has 0 atom stereocenters. The van der Waals surface area contributed by atoms with Crippen LogP contribution < -0.4 is 16.1 Å². The number of rotatable bonds is 4. The van der Waals surface area contributed by atoms with Crippen LogP contribution in [0.25, 0.3) is 11.0 Å². The Balaban J connectivity index is 2.02. The molecule has 3 rings (SSSR count). The van der Waals surface area contributed by atoms with Crippen LogP contribution in [0.1, 0.15) is 12.8 Å². The van der Waals surface area contributed by atoms with E-state index in [2.05, 4.69) is 28.0 Å². The number of aliphatic hydroxyl groups is 1. The van der Waals surface area contributed by atoms with E-state index in [1.807, 2.05) is 10.7 Å². The Bertz CT molecular complexity index is 579. The predicted molar refractivity (Wildman–Crippen MR) is 78.1 cm³/mol. The number of nitrogens with one attached hydrogen (secondary N) is 1. The van der Waals surface area contributed by atoms with Gasteiger partial charge in [0.2, 0.25) is 0 Å². The van der Waals surface area contributed by atoms with Crippen LogP contribution >= 0.6 is 0 Å². The largest absolute Gasteiger partial charge is 0.394 e. The van der Waals surface area contributed by atoms with Crippen LogP contribution in [-0.2, 0) is 7.05 Å². The summed E-state index contributed by atoms with van der Waals surface area (Å²) < 4.78 is 4.04. The van der Waals surface area contributed by atoms with Crippen molar-refractivity contribution in [1.82, 2.24) is 9.24 Å². The SMILES string of the molecule is Cn1c(N2CCCC2)cc2c1cc(N)n2NCCO. The highest BCUT2D eigenvalue weighted by Crippen LogP contribution is 2.30. The van der Waals surface area contributed by atoms with Crippen molar-refractivity contribution < 1.29 is 5.11 Å². The molecular weight excluding hydrogens is 242 g/mol. The van der Waals surface area contributed by atoms with Gasteiger partial charge in [0.1, 0.15) is 11.6 Å². The van der Waals surface area contributed by atoms with Gasteiger partial charge in [0, 0.05) is 32.3 Å². The minimum Gasteiger partial charge on any atom is -0.394 e. The molecule has 1 aliphatic heterocycles. The molecule has 2 aromatic rings. The molecule has 0 unspecified atom stereocenters. The molecule has 4 N–H and O–H groups in total. The number of anilines is 2. The van der Waals surface area contributed by atoms with E-state index in [-0.39, 0.29) is 6.61 Å². The van der Waals surface area contributed by atoms with E-state index in [0.29, 0.717) is 12.4 Å². The number of nitrogen functional groups attached to an aromatic ring is 1. The van der Waals surface area contributed by atoms with Gasteiger partial charge in [-0.25, -0.2) is 4.68 Å². The van der Waals surface area contributed by atoms with Gasteiger partial charge in [-0.05, 0) is 12.8 Å². The molecule has 0 saturated carbocycles. The molecule has 3 heterocycles. The summed E-state index contributed by atoms with van der Waals surface area (Å²) in [6.07, 6.45) is 2.53. The van der Waals surface area contributed by atoms with Crippen LogP contribution in [0.2, 0.25) is 0 Å². The first-order chi connectivity index (χ1) is 9.22. The molecule has 1 fully saturated rings. The summed E-state index contributed by atoms with van der Waals surface area (Å²) in [5.41, 5.74) is 11.3. The Morgan fingerprint density at radius 1 is 1.26 bits per heavy atom. The fraction of sp³-hybridized carbons (Fsp3) is 0.538. The third-order valence-electron chi connectivity index (χ3n) is 3.83. The van der Waals surface area contributed by atoms with E-state index >= 15 is 0 Å². The van der Waals surface area contributed by atoms with Crippen molar-refractivity contribution in [2.75, 3.05) is 42.3 Å². The fourth-order valence-electron chi connectivity index (χ4n) is 2.87. The molecule has 6 nitrogen and oxygen atoms in total. The summed E-state index contributed by atoms with van der Waals surface area (Å²) in [6, 6.07) is 4.14. The minimum atomic E-state index is 0.0882. The first-order valence-corrected chi connectivity index (χ1v) is 6.78. The zero-order valence-corrected chi connectivity index (χ0v) is 11.3. The number of fused-ring (bicyclic) bond motifs is 1. The summed E-state index contributed by atoms with van der Waals surface area (Å²) >= 11 is 0. The standard InChI is InChI=1S/C13H21N5O/c1-16-10-8-12(14)18(15-4-7-19)11(10)9-13(16)17-5-2-3-6-17/h8-9,15,19H,2-7,14H2,1H3. The normalized spacial score (nSPS) is 15.6. The lowest BCUT2D eigenvalue weighted by atomic mass is 10.4. The van der Waals surface area contributed by atoms with E-state index in [9.17, 15) is 0 Å². The van der Waals surface area contributed by atoms with Crippen molar-refractivity contribution in [1.29, 1.82) is 0 Å². The van der Waals surface area contributed by atoms with Crippen molar-refractivity contribution in [2.24, 2.45) is 7.05 Å². The van der Waals surface area contributed by atoms with Gasteiger partial charge >= 0.3 is 0 Å². The van der Waals surface area contributed by atoms with Gasteiger partial charge in [-0.1, -0.05) is 0 Å². The molecule has 0 aromatic carbocycles. The molecule has 0 radical (unpaired) electrons. The van der Waals surface area contributed by atoms with E-state index < -0.39 is 0 Å². The van der Waals surface area contributed by atoms with Crippen molar-refractivity contribution in [3.05, 3.63) is 12.1 Å². The highest BCUT2D eigenvalue weighted by Gasteiger charge is 2.19. The van der Waals surface area contributed by atoms with Crippen LogP contribution in [0.3, 0.4) is 0 Å². The number of hydrogen-bond acceptors (Lipinski definition) is 4. The second-order valence-corrected chi connectivity index (χ2v) is 5.06. The van der Waals surface area contributed by atoms with Gasteiger partial charge in [-0.2, -0.15) is 0 Å². The van der Waals surface area contributed by atoms with Gasteiger partial charge in [0.05, 0.1) is 24.2 Å². The number of aryl methyl sites for hydroxylation is 1. The smallest absolute Gasteiger partial charge is 0.125 e. The zero-order valence-electron chi connectivity index (χ0n) is 11.3. The first-order valence-electron chi connectivity index (χ1n) is 6.78. The Kier molecular flexibility index (Phi) is 3.02. The molecule has 1 saturated heterocycles. The average Bonchev–Trinajstić information content (AvgIpc) is 3.07. The maximum atomic E-state index is 8.93. The van der Waals surface area contributed by atoms with Crippen molar-refractivity contribution in [3.8, 4) is 0 Å². The molecule has 6 heteroatoms. The lowest BCUT2D eigenvalue weighted by Crippen LogP contribution is -2.20. The van der Waals surface area contributed by atoms with E-state index in [4.69, 9.17) is 10.8 Å². The number of nitrogens with two attached hydrogens (primary N) is 1. The predicted octanol–water partition coefficient (Wildman–Crippen LogP) is 0.698. The molecule has 0 aliphatic carbocycles.